The Kier molecular flexibility index (Phi) is 6.43. The van der Waals surface area contributed by atoms with E-state index in [1.165, 1.54) is 0 Å². The van der Waals surface area contributed by atoms with Crippen LogP contribution in [0.3, 0.4) is 0 Å². The van der Waals surface area contributed by atoms with E-state index in [0.717, 1.165) is 17.1 Å². The number of carbonyl (C=O) groups is 3. The maximum Gasteiger partial charge on any atom is 0.309 e. The highest BCUT2D eigenvalue weighted by atomic mass is 16.7. The lowest BCUT2D eigenvalue weighted by Gasteiger charge is -2.34. The topological polar surface area (TPSA) is 87.1 Å². The van der Waals surface area contributed by atoms with Gasteiger partial charge < -0.3 is 23.7 Å². The van der Waals surface area contributed by atoms with E-state index in [-0.39, 0.29) is 37.0 Å². The molecule has 3 heterocycles. The number of hydrogen-bond donors (Lipinski definition) is 0. The number of amides is 1. The van der Waals surface area contributed by atoms with E-state index in [4.69, 9.17) is 14.2 Å². The second-order valence-electron chi connectivity index (χ2n) is 10.0. The van der Waals surface area contributed by atoms with Gasteiger partial charge in [0.05, 0.1) is 5.92 Å². The van der Waals surface area contributed by atoms with E-state index in [2.05, 4.69) is 0 Å². The van der Waals surface area contributed by atoms with Crippen molar-refractivity contribution in [1.29, 1.82) is 0 Å². The molecule has 0 bridgehead atoms. The number of likely N-dealkylation sites (tertiary alicyclic amines) is 1. The van der Waals surface area contributed by atoms with E-state index >= 15 is 0 Å². The van der Waals surface area contributed by atoms with Crippen LogP contribution in [-0.4, -0.2) is 53.6 Å². The molecule has 8 heteroatoms. The Labute approximate surface area is 199 Å². The number of benzene rings is 1. The number of aryl methyl sites for hydroxylation is 1. The zero-order valence-electron chi connectivity index (χ0n) is 20.5. The molecule has 0 atom stereocenters. The van der Waals surface area contributed by atoms with Gasteiger partial charge >= 0.3 is 5.97 Å². The predicted molar refractivity (Wildman–Crippen MR) is 125 cm³/mol. The first-order valence-corrected chi connectivity index (χ1v) is 11.6. The summed E-state index contributed by atoms with van der Waals surface area (Å²) in [5, 5.41) is 0. The van der Waals surface area contributed by atoms with E-state index in [9.17, 15) is 14.4 Å². The van der Waals surface area contributed by atoms with E-state index < -0.39 is 5.41 Å². The average Bonchev–Trinajstić information content (AvgIpc) is 3.39. The van der Waals surface area contributed by atoms with Crippen molar-refractivity contribution in [3.63, 3.8) is 0 Å². The summed E-state index contributed by atoms with van der Waals surface area (Å²) in [4.78, 5) is 39.7. The van der Waals surface area contributed by atoms with Crippen LogP contribution in [-0.2, 0) is 14.3 Å². The minimum atomic E-state index is -0.438. The maximum atomic E-state index is 12.9. The van der Waals surface area contributed by atoms with Crippen LogP contribution in [0.4, 0.5) is 0 Å². The number of ketones is 1. The highest BCUT2D eigenvalue weighted by molar-refractivity contribution is 5.99. The zero-order valence-corrected chi connectivity index (χ0v) is 20.5. The molecule has 4 rings (SSSR count). The summed E-state index contributed by atoms with van der Waals surface area (Å²) >= 11 is 0. The normalized spacial score (nSPS) is 16.0. The van der Waals surface area contributed by atoms with Gasteiger partial charge in [-0.25, -0.2) is 0 Å². The number of rotatable bonds is 5. The van der Waals surface area contributed by atoms with Crippen molar-refractivity contribution in [2.75, 3.05) is 26.5 Å². The molecule has 2 aliphatic rings. The van der Waals surface area contributed by atoms with Gasteiger partial charge in [0.1, 0.15) is 0 Å². The van der Waals surface area contributed by atoms with Gasteiger partial charge in [-0.05, 0) is 44.9 Å². The van der Waals surface area contributed by atoms with Gasteiger partial charge in [-0.15, -0.1) is 0 Å². The van der Waals surface area contributed by atoms with Crippen molar-refractivity contribution in [3.05, 3.63) is 41.2 Å². The molecule has 1 amide bonds. The summed E-state index contributed by atoms with van der Waals surface area (Å²) in [6.07, 6.45) is 1.10. The second kappa shape index (κ2) is 9.16. The van der Waals surface area contributed by atoms with Crippen LogP contribution in [0.2, 0.25) is 0 Å². The first-order valence-electron chi connectivity index (χ1n) is 11.6. The number of nitrogens with zero attached hydrogens (tertiary/aromatic N) is 2. The number of carbonyl (C=O) groups excluding carboxylic acids is 3. The minimum absolute atomic E-state index is 0.0901. The van der Waals surface area contributed by atoms with Gasteiger partial charge in [0, 0.05) is 47.2 Å². The van der Waals surface area contributed by atoms with Crippen LogP contribution in [0.25, 0.3) is 5.69 Å². The second-order valence-corrected chi connectivity index (χ2v) is 10.0. The first kappa shape index (κ1) is 23.9. The fourth-order valence-electron chi connectivity index (χ4n) is 4.59. The van der Waals surface area contributed by atoms with Gasteiger partial charge in [0.15, 0.2) is 18.1 Å². The summed E-state index contributed by atoms with van der Waals surface area (Å²) < 4.78 is 18.2. The number of Topliss-reactive ketones (excluding diaryl/α,β-unsaturated/α-hetero) is 1. The average molecular weight is 469 g/mol. The molecule has 182 valence electrons. The first-order chi connectivity index (χ1) is 16.1. The Hall–Kier alpha value is -3.29. The Morgan fingerprint density at radius 1 is 1.03 bits per heavy atom. The van der Waals surface area contributed by atoms with Crippen LogP contribution in [0.1, 0.15) is 55.4 Å². The van der Waals surface area contributed by atoms with Crippen LogP contribution in [0.5, 0.6) is 11.5 Å². The molecule has 0 N–H and O–H groups in total. The highest BCUT2D eigenvalue weighted by Gasteiger charge is 2.33. The zero-order chi connectivity index (χ0) is 24.6. The number of esters is 1. The van der Waals surface area contributed by atoms with Crippen LogP contribution >= 0.6 is 0 Å². The summed E-state index contributed by atoms with van der Waals surface area (Å²) in [5.74, 6) is 0.546. The van der Waals surface area contributed by atoms with Gasteiger partial charge in [-0.3, -0.25) is 14.4 Å². The number of piperidine rings is 1. The number of hydrogen-bond acceptors (Lipinski definition) is 6. The Morgan fingerprint density at radius 3 is 2.38 bits per heavy atom. The lowest BCUT2D eigenvalue weighted by atomic mass is 9.91. The van der Waals surface area contributed by atoms with Crippen molar-refractivity contribution in [2.24, 2.45) is 11.3 Å². The van der Waals surface area contributed by atoms with E-state index in [0.29, 0.717) is 43.0 Å². The van der Waals surface area contributed by atoms with Crippen molar-refractivity contribution < 1.29 is 28.6 Å². The monoisotopic (exact) mass is 468 g/mol. The number of ether oxygens (including phenoxy) is 3. The Balaban J connectivity index is 1.36. The molecule has 34 heavy (non-hydrogen) atoms. The van der Waals surface area contributed by atoms with Crippen molar-refractivity contribution in [2.45, 2.75) is 47.5 Å². The van der Waals surface area contributed by atoms with Gasteiger partial charge in [-0.2, -0.15) is 0 Å². The van der Waals surface area contributed by atoms with Crippen molar-refractivity contribution in [3.8, 4) is 17.2 Å². The van der Waals surface area contributed by atoms with Gasteiger partial charge in [0.25, 0.3) is 0 Å². The fraction of sp³-hybridized carbons (Fsp3) is 0.500. The quantitative estimate of drug-likeness (QED) is 0.490. The summed E-state index contributed by atoms with van der Waals surface area (Å²) in [6.45, 7) is 10.4. The smallest absolute Gasteiger partial charge is 0.309 e. The molecule has 2 aromatic rings. The third-order valence-corrected chi connectivity index (χ3v) is 6.45. The van der Waals surface area contributed by atoms with Gasteiger partial charge in [-0.1, -0.05) is 20.8 Å². The maximum absolute atomic E-state index is 12.9. The number of aromatic nitrogens is 1. The molecule has 8 nitrogen and oxygen atoms in total. The molecular formula is C26H32N2O6. The lowest BCUT2D eigenvalue weighted by Crippen LogP contribution is -2.45. The molecule has 0 unspecified atom stereocenters. The standard InChI is InChI=1S/C26H32N2O6/c1-16-12-20(17(2)28(16)19-6-7-22-23(13-19)34-15-33-22)21(29)14-32-24(30)18-8-10-27(11-9-18)25(31)26(3,4)5/h6-7,12-13,18H,8-11,14-15H2,1-5H3. The third kappa shape index (κ3) is 4.67. The minimum Gasteiger partial charge on any atom is -0.457 e. The fourth-order valence-corrected chi connectivity index (χ4v) is 4.59. The molecule has 0 radical (unpaired) electrons. The molecule has 0 spiro atoms. The van der Waals surface area contributed by atoms with E-state index in [1.54, 1.807) is 4.90 Å². The molecule has 1 saturated heterocycles. The number of fused-ring (bicyclic) bond motifs is 1. The molecule has 2 aliphatic heterocycles. The SMILES string of the molecule is Cc1cc(C(=O)COC(=O)C2CCN(C(=O)C(C)(C)C)CC2)c(C)n1-c1ccc2c(c1)OCO2. The Bertz CT molecular complexity index is 1120. The highest BCUT2D eigenvalue weighted by Crippen LogP contribution is 2.35. The largest absolute Gasteiger partial charge is 0.457 e. The Morgan fingerprint density at radius 2 is 1.71 bits per heavy atom. The summed E-state index contributed by atoms with van der Waals surface area (Å²) in [5.41, 5.74) is 2.61. The molecule has 1 aromatic heterocycles. The molecular weight excluding hydrogens is 436 g/mol. The molecule has 1 fully saturated rings. The lowest BCUT2D eigenvalue weighted by molar-refractivity contribution is -0.152. The molecule has 0 aliphatic carbocycles. The van der Waals surface area contributed by atoms with Crippen LogP contribution in [0, 0.1) is 25.2 Å². The van der Waals surface area contributed by atoms with Crippen LogP contribution < -0.4 is 9.47 Å². The predicted octanol–water partition coefficient (Wildman–Crippen LogP) is 3.83. The summed E-state index contributed by atoms with van der Waals surface area (Å²) in [6, 6.07) is 7.46. The van der Waals surface area contributed by atoms with E-state index in [1.807, 2.05) is 63.5 Å². The summed E-state index contributed by atoms with van der Waals surface area (Å²) in [7, 11) is 0. The third-order valence-electron chi connectivity index (χ3n) is 6.45. The van der Waals surface area contributed by atoms with Crippen molar-refractivity contribution in [1.82, 2.24) is 9.47 Å². The molecule has 0 saturated carbocycles. The van der Waals surface area contributed by atoms with Gasteiger partial charge in [0.2, 0.25) is 18.5 Å². The molecule has 1 aromatic carbocycles. The van der Waals surface area contributed by atoms with Crippen molar-refractivity contribution >= 4 is 17.7 Å². The van der Waals surface area contributed by atoms with Crippen LogP contribution in [0.15, 0.2) is 24.3 Å².